The van der Waals surface area contributed by atoms with Crippen LogP contribution in [0.15, 0.2) is 36.4 Å². The van der Waals surface area contributed by atoms with Crippen molar-refractivity contribution in [1.82, 2.24) is 0 Å². The van der Waals surface area contributed by atoms with Crippen LogP contribution < -0.4 is 10.5 Å². The van der Waals surface area contributed by atoms with E-state index in [4.69, 9.17) is 22.1 Å². The lowest BCUT2D eigenvalue weighted by Crippen LogP contribution is -2.14. The number of benzene rings is 2. The van der Waals surface area contributed by atoms with Crippen molar-refractivity contribution in [2.45, 2.75) is 12.5 Å². The third-order valence-corrected chi connectivity index (χ3v) is 4.65. The fraction of sp³-hybridized carbons (Fsp3) is 0.200. The summed E-state index contributed by atoms with van der Waals surface area (Å²) in [6.07, 6.45) is 0.389. The van der Waals surface area contributed by atoms with Crippen LogP contribution in [0.4, 0.5) is 4.39 Å². The third kappa shape index (κ3) is 3.42. The fourth-order valence-electron chi connectivity index (χ4n) is 1.97. The number of hydrogen-bond donors (Lipinski definition) is 1. The SMILES string of the molecule is COc1cccc(CC(N)c2ccc(I)c(Cl)c2)c1F. The first-order valence-corrected chi connectivity index (χ1v) is 7.50. The van der Waals surface area contributed by atoms with Crippen LogP contribution in [0.1, 0.15) is 17.2 Å². The van der Waals surface area contributed by atoms with Crippen molar-refractivity contribution in [2.75, 3.05) is 7.11 Å². The highest BCUT2D eigenvalue weighted by atomic mass is 127. The van der Waals surface area contributed by atoms with Crippen molar-refractivity contribution in [3.63, 3.8) is 0 Å². The van der Waals surface area contributed by atoms with Gasteiger partial charge in [-0.15, -0.1) is 0 Å². The summed E-state index contributed by atoms with van der Waals surface area (Å²) in [5.41, 5.74) is 7.56. The molecule has 1 unspecified atom stereocenters. The van der Waals surface area contributed by atoms with Crippen LogP contribution in [0.25, 0.3) is 0 Å². The molecule has 0 radical (unpaired) electrons. The van der Waals surface area contributed by atoms with Crippen LogP contribution >= 0.6 is 34.2 Å². The zero-order valence-electron chi connectivity index (χ0n) is 10.9. The largest absolute Gasteiger partial charge is 0.494 e. The summed E-state index contributed by atoms with van der Waals surface area (Å²) in [6.45, 7) is 0. The standard InChI is InChI=1S/C15H14ClFINO/c1-20-14-4-2-3-10(15(14)17)8-13(19)9-5-6-12(18)11(16)7-9/h2-7,13H,8,19H2,1H3. The van der Waals surface area contributed by atoms with Gasteiger partial charge < -0.3 is 10.5 Å². The van der Waals surface area contributed by atoms with Crippen molar-refractivity contribution < 1.29 is 9.13 Å². The molecule has 2 aromatic rings. The van der Waals surface area contributed by atoms with Gasteiger partial charge in [0.1, 0.15) is 0 Å². The molecule has 0 aliphatic heterocycles. The van der Waals surface area contributed by atoms with E-state index in [1.165, 1.54) is 7.11 Å². The van der Waals surface area contributed by atoms with Gasteiger partial charge in [-0.05, 0) is 58.3 Å². The highest BCUT2D eigenvalue weighted by molar-refractivity contribution is 14.1. The molecule has 5 heteroatoms. The molecule has 0 heterocycles. The van der Waals surface area contributed by atoms with E-state index in [0.717, 1.165) is 9.13 Å². The molecule has 106 valence electrons. The smallest absolute Gasteiger partial charge is 0.168 e. The first kappa shape index (κ1) is 15.5. The molecule has 0 saturated heterocycles. The first-order valence-electron chi connectivity index (χ1n) is 6.05. The van der Waals surface area contributed by atoms with Gasteiger partial charge in [-0.25, -0.2) is 4.39 Å². The number of methoxy groups -OCH3 is 1. The zero-order chi connectivity index (χ0) is 14.7. The second-order valence-corrected chi connectivity index (χ2v) is 5.99. The molecule has 20 heavy (non-hydrogen) atoms. The molecule has 2 N–H and O–H groups in total. The molecule has 0 amide bonds. The van der Waals surface area contributed by atoms with Crippen molar-refractivity contribution in [2.24, 2.45) is 5.73 Å². The minimum atomic E-state index is -0.359. The van der Waals surface area contributed by atoms with E-state index in [1.807, 2.05) is 18.2 Å². The summed E-state index contributed by atoms with van der Waals surface area (Å²) < 4.78 is 20.0. The van der Waals surface area contributed by atoms with E-state index in [2.05, 4.69) is 22.6 Å². The van der Waals surface area contributed by atoms with Crippen molar-refractivity contribution in [1.29, 1.82) is 0 Å². The minimum absolute atomic E-state index is 0.232. The van der Waals surface area contributed by atoms with E-state index >= 15 is 0 Å². The van der Waals surface area contributed by atoms with Gasteiger partial charge in [0.2, 0.25) is 0 Å². The van der Waals surface area contributed by atoms with Crippen LogP contribution in [-0.4, -0.2) is 7.11 Å². The molecular formula is C15H14ClFINO. The van der Waals surface area contributed by atoms with Crippen molar-refractivity contribution in [3.8, 4) is 5.75 Å². The quantitative estimate of drug-likeness (QED) is 0.768. The molecule has 0 saturated carbocycles. The van der Waals surface area contributed by atoms with Crippen LogP contribution in [0.5, 0.6) is 5.75 Å². The summed E-state index contributed by atoms with van der Waals surface area (Å²) in [6, 6.07) is 10.4. The maximum absolute atomic E-state index is 14.1. The predicted octanol–water partition coefficient (Wildman–Crippen LogP) is 4.33. The van der Waals surface area contributed by atoms with E-state index < -0.39 is 0 Å². The average molecular weight is 406 g/mol. The molecule has 0 aliphatic rings. The van der Waals surface area contributed by atoms with E-state index in [1.54, 1.807) is 18.2 Å². The summed E-state index contributed by atoms with van der Waals surface area (Å²) in [7, 11) is 1.45. The van der Waals surface area contributed by atoms with Crippen LogP contribution in [0.3, 0.4) is 0 Å². The molecule has 2 rings (SSSR count). The van der Waals surface area contributed by atoms with E-state index in [9.17, 15) is 4.39 Å². The van der Waals surface area contributed by atoms with Gasteiger partial charge in [0.25, 0.3) is 0 Å². The number of halogens is 3. The minimum Gasteiger partial charge on any atom is -0.494 e. The van der Waals surface area contributed by atoms with Crippen molar-refractivity contribution >= 4 is 34.2 Å². The number of nitrogens with two attached hydrogens (primary N) is 1. The molecule has 0 spiro atoms. The molecular weight excluding hydrogens is 392 g/mol. The Labute approximate surface area is 136 Å². The highest BCUT2D eigenvalue weighted by Gasteiger charge is 2.14. The Bertz CT molecular complexity index is 621. The maximum Gasteiger partial charge on any atom is 0.168 e. The lowest BCUT2D eigenvalue weighted by molar-refractivity contribution is 0.383. The molecule has 0 fully saturated rings. The normalized spacial score (nSPS) is 12.2. The Hall–Kier alpha value is -0.850. The van der Waals surface area contributed by atoms with Crippen LogP contribution in [-0.2, 0) is 6.42 Å². The third-order valence-electron chi connectivity index (χ3n) is 3.07. The topological polar surface area (TPSA) is 35.2 Å². The van der Waals surface area contributed by atoms with Gasteiger partial charge in [-0.2, -0.15) is 0 Å². The fourth-order valence-corrected chi connectivity index (χ4v) is 2.49. The first-order chi connectivity index (χ1) is 9.52. The Morgan fingerprint density at radius 2 is 2.10 bits per heavy atom. The molecule has 2 nitrogen and oxygen atoms in total. The molecule has 2 aromatic carbocycles. The number of ether oxygens (including phenoxy) is 1. The highest BCUT2D eigenvalue weighted by Crippen LogP contribution is 2.27. The Morgan fingerprint density at radius 1 is 1.35 bits per heavy atom. The lowest BCUT2D eigenvalue weighted by Gasteiger charge is -2.14. The van der Waals surface area contributed by atoms with Crippen LogP contribution in [0, 0.1) is 9.39 Å². The summed E-state index contributed by atoms with van der Waals surface area (Å²) in [4.78, 5) is 0. The molecule has 1 atom stereocenters. The lowest BCUT2D eigenvalue weighted by atomic mass is 9.99. The van der Waals surface area contributed by atoms with Gasteiger partial charge in [0.15, 0.2) is 11.6 Å². The van der Waals surface area contributed by atoms with E-state index in [0.29, 0.717) is 17.0 Å². The summed E-state index contributed by atoms with van der Waals surface area (Å²) >= 11 is 8.24. The van der Waals surface area contributed by atoms with Gasteiger partial charge >= 0.3 is 0 Å². The summed E-state index contributed by atoms with van der Waals surface area (Å²) in [5, 5.41) is 0.657. The van der Waals surface area contributed by atoms with Gasteiger partial charge in [-0.3, -0.25) is 0 Å². The van der Waals surface area contributed by atoms with Crippen molar-refractivity contribution in [3.05, 3.63) is 61.9 Å². The van der Waals surface area contributed by atoms with E-state index in [-0.39, 0.29) is 17.6 Å². The van der Waals surface area contributed by atoms with Crippen LogP contribution in [0.2, 0.25) is 5.02 Å². The second kappa shape index (κ2) is 6.74. The molecule has 0 aliphatic carbocycles. The monoisotopic (exact) mass is 405 g/mol. The second-order valence-electron chi connectivity index (χ2n) is 4.42. The van der Waals surface area contributed by atoms with Gasteiger partial charge in [-0.1, -0.05) is 29.8 Å². The Balaban J connectivity index is 2.23. The zero-order valence-corrected chi connectivity index (χ0v) is 13.8. The summed E-state index contributed by atoms with van der Waals surface area (Å²) in [5.74, 6) is -0.127. The number of hydrogen-bond acceptors (Lipinski definition) is 2. The predicted molar refractivity (Wildman–Crippen MR) is 87.8 cm³/mol. The maximum atomic E-state index is 14.1. The molecule has 0 aromatic heterocycles. The average Bonchev–Trinajstić information content (AvgIpc) is 2.44. The number of rotatable bonds is 4. The van der Waals surface area contributed by atoms with Gasteiger partial charge in [0.05, 0.1) is 12.1 Å². The molecule has 0 bridgehead atoms. The van der Waals surface area contributed by atoms with Gasteiger partial charge in [0, 0.05) is 9.61 Å². The Morgan fingerprint density at radius 3 is 2.75 bits per heavy atom. The Kier molecular flexibility index (Phi) is 5.23.